The standard InChI is InChI=1S/C26H31FN2O3/c1-5-6-20(13-25(30)31)19-7-10-22(11-8-19)32-16-21-9-12-23-24(14-27)28-29(15-17(2)3)26(23)18(21)4/h5-12,17,20H,13-16H2,1-4H3,(H,30,31)/t20-/m1/s1. The number of halogens is 1. The number of carboxylic acids is 1. The van der Waals surface area contributed by atoms with Gasteiger partial charge in [0.15, 0.2) is 0 Å². The minimum Gasteiger partial charge on any atom is -0.489 e. The second kappa shape index (κ2) is 10.4. The first-order valence-corrected chi connectivity index (χ1v) is 10.9. The number of ether oxygens (including phenoxy) is 1. The van der Waals surface area contributed by atoms with Crippen LogP contribution in [0.25, 0.3) is 10.9 Å². The van der Waals surface area contributed by atoms with Crippen molar-refractivity contribution in [1.29, 1.82) is 0 Å². The second-order valence-corrected chi connectivity index (χ2v) is 8.49. The van der Waals surface area contributed by atoms with Crippen LogP contribution in [-0.4, -0.2) is 20.9 Å². The van der Waals surface area contributed by atoms with Crippen molar-refractivity contribution in [3.63, 3.8) is 0 Å². The van der Waals surface area contributed by atoms with Crippen molar-refractivity contribution in [3.8, 4) is 5.75 Å². The number of fused-ring (bicyclic) bond motifs is 1. The Kier molecular flexibility index (Phi) is 7.67. The molecule has 0 unspecified atom stereocenters. The lowest BCUT2D eigenvalue weighted by Crippen LogP contribution is -2.08. The molecule has 1 atom stereocenters. The highest BCUT2D eigenvalue weighted by Gasteiger charge is 2.16. The topological polar surface area (TPSA) is 64.3 Å². The Balaban J connectivity index is 1.80. The largest absolute Gasteiger partial charge is 0.489 e. The first-order valence-electron chi connectivity index (χ1n) is 10.9. The molecule has 2 aromatic carbocycles. The van der Waals surface area contributed by atoms with Crippen LogP contribution in [0.1, 0.15) is 55.5 Å². The van der Waals surface area contributed by atoms with Crippen LogP contribution in [0.3, 0.4) is 0 Å². The molecule has 0 saturated carbocycles. The maximum absolute atomic E-state index is 13.5. The molecule has 6 heteroatoms. The van der Waals surface area contributed by atoms with Crippen LogP contribution in [-0.2, 0) is 24.6 Å². The van der Waals surface area contributed by atoms with Gasteiger partial charge in [0.25, 0.3) is 0 Å². The molecule has 5 nitrogen and oxygen atoms in total. The summed E-state index contributed by atoms with van der Waals surface area (Å²) in [5, 5.41) is 14.5. The number of allylic oxidation sites excluding steroid dienone is 2. The molecule has 0 bridgehead atoms. The smallest absolute Gasteiger partial charge is 0.304 e. The van der Waals surface area contributed by atoms with Crippen LogP contribution in [0, 0.1) is 12.8 Å². The van der Waals surface area contributed by atoms with Gasteiger partial charge >= 0.3 is 5.97 Å². The lowest BCUT2D eigenvalue weighted by molar-refractivity contribution is -0.137. The van der Waals surface area contributed by atoms with Gasteiger partial charge in [-0.3, -0.25) is 9.48 Å². The number of aromatic nitrogens is 2. The summed E-state index contributed by atoms with van der Waals surface area (Å²) in [6.45, 7) is 8.67. The van der Waals surface area contributed by atoms with E-state index in [0.29, 0.717) is 24.0 Å². The molecule has 32 heavy (non-hydrogen) atoms. The van der Waals surface area contributed by atoms with Gasteiger partial charge in [-0.2, -0.15) is 5.10 Å². The molecule has 0 spiro atoms. The molecule has 0 fully saturated rings. The summed E-state index contributed by atoms with van der Waals surface area (Å²) in [6, 6.07) is 11.4. The molecule has 0 amide bonds. The zero-order valence-corrected chi connectivity index (χ0v) is 19.1. The molecular weight excluding hydrogens is 407 g/mol. The first-order chi connectivity index (χ1) is 15.3. The van der Waals surface area contributed by atoms with E-state index in [2.05, 4.69) is 18.9 Å². The number of benzene rings is 2. The van der Waals surface area contributed by atoms with Crippen molar-refractivity contribution in [1.82, 2.24) is 9.78 Å². The third-order valence-electron chi connectivity index (χ3n) is 5.54. The number of hydrogen-bond donors (Lipinski definition) is 1. The number of hydrogen-bond acceptors (Lipinski definition) is 3. The molecule has 1 aromatic heterocycles. The molecule has 0 aliphatic carbocycles. The van der Waals surface area contributed by atoms with Crippen LogP contribution in [0.4, 0.5) is 4.39 Å². The lowest BCUT2D eigenvalue weighted by atomic mass is 9.95. The van der Waals surface area contributed by atoms with Crippen molar-refractivity contribution in [3.05, 3.63) is 70.9 Å². The van der Waals surface area contributed by atoms with Gasteiger partial charge in [0, 0.05) is 17.8 Å². The molecule has 0 saturated heterocycles. The number of rotatable bonds is 10. The van der Waals surface area contributed by atoms with Gasteiger partial charge in [-0.25, -0.2) is 4.39 Å². The third kappa shape index (κ3) is 5.36. The molecule has 1 N–H and O–H groups in total. The van der Waals surface area contributed by atoms with Crippen molar-refractivity contribution >= 4 is 16.9 Å². The number of alkyl halides is 1. The van der Waals surface area contributed by atoms with Crippen LogP contribution in [0.15, 0.2) is 48.6 Å². The number of aliphatic carboxylic acids is 1. The van der Waals surface area contributed by atoms with Gasteiger partial charge in [-0.1, -0.05) is 50.3 Å². The van der Waals surface area contributed by atoms with Crippen molar-refractivity contribution in [2.45, 2.75) is 59.9 Å². The SMILES string of the molecule is CC=C[C@H](CC(=O)O)c1ccc(OCc2ccc3c(CF)nn(CC(C)C)c3c2C)cc1. The highest BCUT2D eigenvalue weighted by Crippen LogP contribution is 2.28. The third-order valence-corrected chi connectivity index (χ3v) is 5.54. The van der Waals surface area contributed by atoms with Gasteiger partial charge in [-0.15, -0.1) is 0 Å². The van der Waals surface area contributed by atoms with E-state index < -0.39 is 12.6 Å². The molecule has 1 heterocycles. The monoisotopic (exact) mass is 438 g/mol. The van der Waals surface area contributed by atoms with Gasteiger partial charge < -0.3 is 9.84 Å². The fourth-order valence-electron chi connectivity index (χ4n) is 3.98. The van der Waals surface area contributed by atoms with E-state index >= 15 is 0 Å². The highest BCUT2D eigenvalue weighted by molar-refractivity contribution is 5.86. The quantitative estimate of drug-likeness (QED) is 0.384. The minimum atomic E-state index is -0.827. The van der Waals surface area contributed by atoms with Crippen LogP contribution >= 0.6 is 0 Å². The number of carbonyl (C=O) groups is 1. The average Bonchev–Trinajstić information content (AvgIpc) is 3.10. The summed E-state index contributed by atoms with van der Waals surface area (Å²) in [4.78, 5) is 11.1. The minimum absolute atomic E-state index is 0.0503. The van der Waals surface area contributed by atoms with Crippen LogP contribution in [0.5, 0.6) is 5.75 Å². The summed E-state index contributed by atoms with van der Waals surface area (Å²) in [5.74, 6) is 0.118. The van der Waals surface area contributed by atoms with Crippen LogP contribution in [0.2, 0.25) is 0 Å². The zero-order chi connectivity index (χ0) is 23.3. The van der Waals surface area contributed by atoms with Crippen molar-refractivity contribution < 1.29 is 19.0 Å². The van der Waals surface area contributed by atoms with Gasteiger partial charge in [-0.05, 0) is 48.6 Å². The molecule has 3 aromatic rings. The fourth-order valence-corrected chi connectivity index (χ4v) is 3.98. The summed E-state index contributed by atoms with van der Waals surface area (Å²) in [7, 11) is 0. The lowest BCUT2D eigenvalue weighted by Gasteiger charge is -2.14. The Morgan fingerprint density at radius 2 is 1.94 bits per heavy atom. The Labute approximate surface area is 188 Å². The summed E-state index contributed by atoms with van der Waals surface area (Å²) in [6.07, 6.45) is 3.82. The predicted molar refractivity (Wildman–Crippen MR) is 125 cm³/mol. The summed E-state index contributed by atoms with van der Waals surface area (Å²) < 4.78 is 21.4. The van der Waals surface area contributed by atoms with Crippen LogP contribution < -0.4 is 4.74 Å². The van der Waals surface area contributed by atoms with Crippen molar-refractivity contribution in [2.75, 3.05) is 0 Å². The van der Waals surface area contributed by atoms with Gasteiger partial charge in [0.05, 0.1) is 11.9 Å². The first kappa shape index (κ1) is 23.5. The van der Waals surface area contributed by atoms with E-state index in [0.717, 1.165) is 34.1 Å². The van der Waals surface area contributed by atoms with E-state index in [1.54, 1.807) is 0 Å². The van der Waals surface area contributed by atoms with Gasteiger partial charge in [0.2, 0.25) is 0 Å². The maximum Gasteiger partial charge on any atom is 0.304 e. The molecule has 0 aliphatic rings. The molecule has 3 rings (SSSR count). The second-order valence-electron chi connectivity index (χ2n) is 8.49. The van der Waals surface area contributed by atoms with E-state index in [1.165, 1.54) is 0 Å². The summed E-state index contributed by atoms with van der Waals surface area (Å²) in [5.41, 5.74) is 4.44. The Bertz CT molecular complexity index is 1100. The van der Waals surface area contributed by atoms with E-state index in [4.69, 9.17) is 9.84 Å². The molecule has 0 aliphatic heterocycles. The fraction of sp³-hybridized carbons (Fsp3) is 0.385. The number of nitrogens with zero attached hydrogens (tertiary/aromatic N) is 2. The van der Waals surface area contributed by atoms with E-state index in [-0.39, 0.29) is 12.3 Å². The van der Waals surface area contributed by atoms with E-state index in [9.17, 15) is 9.18 Å². The maximum atomic E-state index is 13.5. The highest BCUT2D eigenvalue weighted by atomic mass is 19.1. The Morgan fingerprint density at radius 3 is 2.53 bits per heavy atom. The summed E-state index contributed by atoms with van der Waals surface area (Å²) >= 11 is 0. The van der Waals surface area contributed by atoms with E-state index in [1.807, 2.05) is 67.1 Å². The average molecular weight is 439 g/mol. The zero-order valence-electron chi connectivity index (χ0n) is 19.1. The Morgan fingerprint density at radius 1 is 1.22 bits per heavy atom. The number of carboxylic acid groups (broad SMARTS) is 1. The van der Waals surface area contributed by atoms with Gasteiger partial charge in [0.1, 0.15) is 24.7 Å². The molecule has 170 valence electrons. The predicted octanol–water partition coefficient (Wildman–Crippen LogP) is 6.18. The van der Waals surface area contributed by atoms with Crippen molar-refractivity contribution in [2.24, 2.45) is 5.92 Å². The number of aryl methyl sites for hydroxylation is 1. The normalized spacial score (nSPS) is 12.7. The molecular formula is C26H31FN2O3. The Hall–Kier alpha value is -3.15. The molecule has 0 radical (unpaired) electrons.